The molecule has 2 amide bonds. The Balaban J connectivity index is 1.48. The summed E-state index contributed by atoms with van der Waals surface area (Å²) in [4.78, 5) is 40.5. The third-order valence-electron chi connectivity index (χ3n) is 6.34. The number of fused-ring (bicyclic) bond motifs is 1. The van der Waals surface area contributed by atoms with Crippen LogP contribution < -0.4 is 9.64 Å². The molecule has 2 saturated heterocycles. The highest BCUT2D eigenvalue weighted by molar-refractivity contribution is 7.89. The molecular formula is C22H29N3O7S. The van der Waals surface area contributed by atoms with Gasteiger partial charge in [-0.15, -0.1) is 0 Å². The monoisotopic (exact) mass is 479 g/mol. The van der Waals surface area contributed by atoms with Gasteiger partial charge in [-0.1, -0.05) is 0 Å². The number of rotatable bonds is 6. The Kier molecular flexibility index (Phi) is 6.89. The topological polar surface area (TPSA) is 114 Å². The Labute approximate surface area is 193 Å². The van der Waals surface area contributed by atoms with Gasteiger partial charge < -0.3 is 14.4 Å². The molecular weight excluding hydrogens is 450 g/mol. The molecule has 0 saturated carbocycles. The van der Waals surface area contributed by atoms with Crippen molar-refractivity contribution in [3.8, 4) is 5.75 Å². The second kappa shape index (κ2) is 9.68. The molecule has 0 atom stereocenters. The first-order chi connectivity index (χ1) is 15.8. The minimum Gasteiger partial charge on any atom is -0.482 e. The number of hydrogen-bond donors (Lipinski definition) is 0. The smallest absolute Gasteiger partial charge is 0.309 e. The maximum Gasteiger partial charge on any atom is 0.309 e. The molecule has 0 radical (unpaired) electrons. The Hall–Kier alpha value is -2.66. The Morgan fingerprint density at radius 3 is 2.48 bits per heavy atom. The molecule has 3 aliphatic rings. The maximum atomic E-state index is 13.0. The molecule has 0 aromatic heterocycles. The van der Waals surface area contributed by atoms with Crippen molar-refractivity contribution in [3.05, 3.63) is 18.2 Å². The van der Waals surface area contributed by atoms with Crippen molar-refractivity contribution in [2.24, 2.45) is 5.92 Å². The molecule has 0 aliphatic carbocycles. The normalized spacial score (nSPS) is 19.8. The first kappa shape index (κ1) is 23.5. The van der Waals surface area contributed by atoms with Gasteiger partial charge in [-0.3, -0.25) is 19.3 Å². The summed E-state index contributed by atoms with van der Waals surface area (Å²) < 4.78 is 37.9. The van der Waals surface area contributed by atoms with Gasteiger partial charge >= 0.3 is 5.97 Å². The lowest BCUT2D eigenvalue weighted by atomic mass is 9.97. The van der Waals surface area contributed by atoms with E-state index in [-0.39, 0.29) is 41.5 Å². The third kappa shape index (κ3) is 4.84. The van der Waals surface area contributed by atoms with E-state index in [9.17, 15) is 22.8 Å². The first-order valence-corrected chi connectivity index (χ1v) is 12.8. The van der Waals surface area contributed by atoms with Crippen LogP contribution in [0.25, 0.3) is 0 Å². The van der Waals surface area contributed by atoms with Gasteiger partial charge in [0, 0.05) is 26.2 Å². The second-order valence-corrected chi connectivity index (χ2v) is 10.4. The van der Waals surface area contributed by atoms with Crippen LogP contribution in [0.4, 0.5) is 5.69 Å². The highest BCUT2D eigenvalue weighted by Crippen LogP contribution is 2.35. The van der Waals surface area contributed by atoms with Crippen LogP contribution in [0.2, 0.25) is 0 Å². The molecule has 0 spiro atoms. The van der Waals surface area contributed by atoms with Crippen LogP contribution in [0.3, 0.4) is 0 Å². The summed E-state index contributed by atoms with van der Waals surface area (Å²) in [7, 11) is -3.68. The average molecular weight is 480 g/mol. The summed E-state index contributed by atoms with van der Waals surface area (Å²) in [5, 5.41) is 0. The van der Waals surface area contributed by atoms with Crippen molar-refractivity contribution in [2.75, 3.05) is 50.8 Å². The lowest BCUT2D eigenvalue weighted by Gasteiger charge is -2.34. The van der Waals surface area contributed by atoms with Crippen LogP contribution in [-0.2, 0) is 29.1 Å². The Morgan fingerprint density at radius 2 is 1.82 bits per heavy atom. The van der Waals surface area contributed by atoms with Crippen molar-refractivity contribution in [1.29, 1.82) is 0 Å². The zero-order chi connectivity index (χ0) is 23.6. The van der Waals surface area contributed by atoms with Crippen molar-refractivity contribution in [1.82, 2.24) is 9.21 Å². The highest BCUT2D eigenvalue weighted by Gasteiger charge is 2.34. The number of esters is 1. The summed E-state index contributed by atoms with van der Waals surface area (Å²) in [6, 6.07) is 4.43. The van der Waals surface area contributed by atoms with E-state index in [1.807, 2.05) is 0 Å². The summed E-state index contributed by atoms with van der Waals surface area (Å²) in [5.41, 5.74) is 0.279. The van der Waals surface area contributed by atoms with Crippen molar-refractivity contribution >= 4 is 33.5 Å². The number of ether oxygens (including phenoxy) is 2. The van der Waals surface area contributed by atoms with E-state index in [1.165, 1.54) is 27.4 Å². The zero-order valence-corrected chi connectivity index (χ0v) is 19.5. The number of likely N-dealkylation sites (tertiary alicyclic amines) is 1. The molecule has 3 aliphatic heterocycles. The molecule has 2 fully saturated rings. The van der Waals surface area contributed by atoms with Crippen LogP contribution in [0.1, 0.15) is 32.6 Å². The number of hydrogen-bond acceptors (Lipinski definition) is 7. The summed E-state index contributed by atoms with van der Waals surface area (Å²) in [6.07, 6.45) is 2.66. The van der Waals surface area contributed by atoms with Gasteiger partial charge in [-0.05, 0) is 50.8 Å². The summed E-state index contributed by atoms with van der Waals surface area (Å²) >= 11 is 0. The number of carbonyl (C=O) groups is 3. The van der Waals surface area contributed by atoms with Crippen LogP contribution in [-0.4, -0.2) is 81.3 Å². The number of anilines is 1. The van der Waals surface area contributed by atoms with Gasteiger partial charge in [0.05, 0.1) is 23.1 Å². The predicted molar refractivity (Wildman–Crippen MR) is 118 cm³/mol. The minimum atomic E-state index is -3.68. The van der Waals surface area contributed by atoms with Gasteiger partial charge in [0.15, 0.2) is 6.61 Å². The quantitative estimate of drug-likeness (QED) is 0.559. The lowest BCUT2D eigenvalue weighted by molar-refractivity contribution is -0.151. The SMILES string of the molecule is CCOC(=O)C1CCN(C(=O)CN2C(=O)COc3ccc(S(=O)(=O)N4CCCC4)cc32)CC1. The van der Waals surface area contributed by atoms with Gasteiger partial charge in [0.25, 0.3) is 5.91 Å². The van der Waals surface area contributed by atoms with E-state index in [0.29, 0.717) is 51.4 Å². The first-order valence-electron chi connectivity index (χ1n) is 11.3. The van der Waals surface area contributed by atoms with Gasteiger partial charge in [-0.2, -0.15) is 4.31 Å². The molecule has 1 aromatic rings. The number of nitrogens with zero attached hydrogens (tertiary/aromatic N) is 3. The second-order valence-electron chi connectivity index (χ2n) is 8.42. The average Bonchev–Trinajstić information content (AvgIpc) is 3.37. The van der Waals surface area contributed by atoms with Crippen LogP contribution in [0.5, 0.6) is 5.75 Å². The van der Waals surface area contributed by atoms with E-state index in [4.69, 9.17) is 9.47 Å². The van der Waals surface area contributed by atoms with E-state index in [0.717, 1.165) is 12.8 Å². The fraction of sp³-hybridized carbons (Fsp3) is 0.591. The fourth-order valence-corrected chi connectivity index (χ4v) is 5.99. The molecule has 0 unspecified atom stereocenters. The van der Waals surface area contributed by atoms with E-state index < -0.39 is 15.9 Å². The Morgan fingerprint density at radius 1 is 1.12 bits per heavy atom. The van der Waals surface area contributed by atoms with E-state index in [2.05, 4.69) is 0 Å². The largest absolute Gasteiger partial charge is 0.482 e. The summed E-state index contributed by atoms with van der Waals surface area (Å²) in [5.74, 6) is -0.769. The number of carbonyl (C=O) groups excluding carboxylic acids is 3. The lowest BCUT2D eigenvalue weighted by Crippen LogP contribution is -2.49. The van der Waals surface area contributed by atoms with Crippen LogP contribution in [0.15, 0.2) is 23.1 Å². The van der Waals surface area contributed by atoms with Crippen molar-refractivity contribution < 1.29 is 32.3 Å². The van der Waals surface area contributed by atoms with E-state index in [1.54, 1.807) is 11.8 Å². The molecule has 180 valence electrons. The van der Waals surface area contributed by atoms with Crippen LogP contribution in [0, 0.1) is 5.92 Å². The van der Waals surface area contributed by atoms with Crippen LogP contribution >= 0.6 is 0 Å². The zero-order valence-electron chi connectivity index (χ0n) is 18.7. The minimum absolute atomic E-state index is 0.0779. The van der Waals surface area contributed by atoms with Gasteiger partial charge in [-0.25, -0.2) is 8.42 Å². The van der Waals surface area contributed by atoms with Gasteiger partial charge in [0.1, 0.15) is 12.3 Å². The molecule has 0 N–H and O–H groups in total. The number of sulfonamides is 1. The third-order valence-corrected chi connectivity index (χ3v) is 8.23. The Bertz CT molecular complexity index is 1030. The van der Waals surface area contributed by atoms with Crippen molar-refractivity contribution in [2.45, 2.75) is 37.5 Å². The molecule has 10 nitrogen and oxygen atoms in total. The molecule has 33 heavy (non-hydrogen) atoms. The number of piperidine rings is 1. The standard InChI is InChI=1S/C22H29N3O7S/c1-2-31-22(28)16-7-11-23(12-8-16)20(26)14-25-18-13-17(5-6-19(18)32-15-21(25)27)33(29,30)24-9-3-4-10-24/h5-6,13,16H,2-4,7-12,14-15H2,1H3. The number of amides is 2. The molecule has 4 rings (SSSR count). The molecule has 0 bridgehead atoms. The van der Waals surface area contributed by atoms with Gasteiger partial charge in [0.2, 0.25) is 15.9 Å². The number of benzene rings is 1. The molecule has 1 aromatic carbocycles. The summed E-state index contributed by atoms with van der Waals surface area (Å²) in [6.45, 7) is 3.39. The fourth-order valence-electron chi connectivity index (χ4n) is 4.45. The molecule has 3 heterocycles. The highest BCUT2D eigenvalue weighted by atomic mass is 32.2. The predicted octanol–water partition coefficient (Wildman–Crippen LogP) is 0.998. The maximum absolute atomic E-state index is 13.0. The van der Waals surface area contributed by atoms with E-state index >= 15 is 0 Å². The van der Waals surface area contributed by atoms with Crippen molar-refractivity contribution in [3.63, 3.8) is 0 Å². The molecule has 11 heteroatoms.